The van der Waals surface area contributed by atoms with Crippen LogP contribution in [0, 0.1) is 0 Å². The third kappa shape index (κ3) is 3.77. The topological polar surface area (TPSA) is 50.4 Å². The summed E-state index contributed by atoms with van der Waals surface area (Å²) in [4.78, 5) is 4.37. The van der Waals surface area contributed by atoms with Gasteiger partial charge in [0.2, 0.25) is 0 Å². The average molecular weight is 263 g/mol. The molecule has 4 heteroatoms. The molecule has 3 nitrogen and oxygen atoms in total. The van der Waals surface area contributed by atoms with Gasteiger partial charge in [-0.25, -0.2) is 9.38 Å². The monoisotopic (exact) mass is 263 g/mol. The Morgan fingerprint density at radius 2 is 2.05 bits per heavy atom. The minimum Gasteiger partial charge on any atom is -0.367 e. The first-order valence-corrected chi connectivity index (χ1v) is 6.96. The number of nitrogens with two attached hydrogens (primary N) is 1. The van der Waals surface area contributed by atoms with E-state index in [0.29, 0.717) is 35.6 Å². The Labute approximate surface area is 114 Å². The molecule has 0 aromatic heterocycles. The van der Waals surface area contributed by atoms with Crippen LogP contribution in [0.5, 0.6) is 0 Å². The Balaban J connectivity index is 2.07. The zero-order valence-electron chi connectivity index (χ0n) is 11.5. The largest absolute Gasteiger partial charge is 0.367 e. The summed E-state index contributed by atoms with van der Waals surface area (Å²) in [5, 5.41) is 3.39. The highest BCUT2D eigenvalue weighted by Crippen LogP contribution is 2.21. The molecule has 1 fully saturated rings. The Bertz CT molecular complexity index is 440. The smallest absolute Gasteiger partial charge is 0.145 e. The van der Waals surface area contributed by atoms with Crippen molar-refractivity contribution in [2.24, 2.45) is 10.7 Å². The van der Waals surface area contributed by atoms with E-state index < -0.39 is 0 Å². The lowest BCUT2D eigenvalue weighted by molar-refractivity contribution is 0.360. The van der Waals surface area contributed by atoms with E-state index in [9.17, 15) is 4.39 Å². The highest BCUT2D eigenvalue weighted by molar-refractivity contribution is 5.99. The number of hydrogen-bond donors (Lipinski definition) is 2. The normalized spacial score (nSPS) is 28.2. The van der Waals surface area contributed by atoms with Gasteiger partial charge >= 0.3 is 0 Å². The Kier molecular flexibility index (Phi) is 4.53. The molecule has 0 amide bonds. The minimum absolute atomic E-state index is 0.286. The summed E-state index contributed by atoms with van der Waals surface area (Å²) in [5.74, 6) is 0.428. The summed E-state index contributed by atoms with van der Waals surface area (Å²) in [6, 6.07) is 0.701. The molecule has 0 saturated heterocycles. The van der Waals surface area contributed by atoms with Crippen molar-refractivity contribution in [3.8, 4) is 0 Å². The summed E-state index contributed by atoms with van der Waals surface area (Å²) in [6.45, 7) is 5.72. The van der Waals surface area contributed by atoms with Crippen molar-refractivity contribution in [1.29, 1.82) is 0 Å². The van der Waals surface area contributed by atoms with Crippen LogP contribution in [0.4, 0.5) is 4.39 Å². The van der Waals surface area contributed by atoms with Gasteiger partial charge in [-0.2, -0.15) is 0 Å². The Hall–Kier alpha value is -1.42. The van der Waals surface area contributed by atoms with E-state index >= 15 is 0 Å². The second-order valence-corrected chi connectivity index (χ2v) is 5.26. The van der Waals surface area contributed by atoms with E-state index in [1.807, 2.05) is 6.92 Å². The standard InChI is InChI=1S/C15H22FN3/c1-3-14-13(16)8-10(2)9-15(19-14)18-12-6-4-11(17)5-7-12/h8-9,11-12,18H,2-7,17H2,1H3. The van der Waals surface area contributed by atoms with Crippen LogP contribution in [-0.4, -0.2) is 17.8 Å². The fraction of sp³-hybridized carbons (Fsp3) is 0.533. The molecule has 2 aliphatic rings. The summed E-state index contributed by atoms with van der Waals surface area (Å²) >= 11 is 0. The van der Waals surface area contributed by atoms with Crippen molar-refractivity contribution in [2.45, 2.75) is 51.1 Å². The van der Waals surface area contributed by atoms with Crippen LogP contribution < -0.4 is 11.1 Å². The molecule has 0 aromatic rings. The summed E-state index contributed by atoms with van der Waals surface area (Å²) in [6.07, 6.45) is 7.95. The lowest BCUT2D eigenvalue weighted by Gasteiger charge is -2.27. The fourth-order valence-corrected chi connectivity index (χ4v) is 2.49. The molecule has 2 rings (SSSR count). The zero-order chi connectivity index (χ0) is 13.8. The Morgan fingerprint density at radius 1 is 1.37 bits per heavy atom. The first-order chi connectivity index (χ1) is 9.08. The maximum atomic E-state index is 13.8. The minimum atomic E-state index is -0.286. The van der Waals surface area contributed by atoms with Gasteiger partial charge in [0.25, 0.3) is 0 Å². The summed E-state index contributed by atoms with van der Waals surface area (Å²) < 4.78 is 13.8. The maximum absolute atomic E-state index is 13.8. The molecule has 0 bridgehead atoms. The molecule has 0 atom stereocenters. The van der Waals surface area contributed by atoms with Crippen LogP contribution in [0.1, 0.15) is 39.0 Å². The SMILES string of the molecule is C=C1C=C(NC2CCC(N)CC2)N=C(CC)C(F)=C1. The summed E-state index contributed by atoms with van der Waals surface area (Å²) in [5.41, 5.74) is 7.01. The van der Waals surface area contributed by atoms with E-state index in [1.54, 1.807) is 6.08 Å². The number of allylic oxidation sites excluding steroid dienone is 4. The molecule has 0 spiro atoms. The van der Waals surface area contributed by atoms with Crippen LogP contribution in [0.2, 0.25) is 0 Å². The van der Waals surface area contributed by atoms with E-state index in [4.69, 9.17) is 5.73 Å². The second-order valence-electron chi connectivity index (χ2n) is 5.26. The van der Waals surface area contributed by atoms with Gasteiger partial charge in [0.15, 0.2) is 0 Å². The van der Waals surface area contributed by atoms with Crippen LogP contribution in [-0.2, 0) is 0 Å². The molecule has 104 valence electrons. The van der Waals surface area contributed by atoms with Gasteiger partial charge in [0.05, 0.1) is 5.71 Å². The number of aliphatic imine (C=N–C) groups is 1. The van der Waals surface area contributed by atoms with Gasteiger partial charge in [0.1, 0.15) is 11.6 Å². The van der Waals surface area contributed by atoms with Crippen LogP contribution in [0.15, 0.2) is 40.9 Å². The number of rotatable bonds is 3. The third-order valence-corrected chi connectivity index (χ3v) is 3.62. The number of hydrogen-bond acceptors (Lipinski definition) is 3. The van der Waals surface area contributed by atoms with Crippen molar-refractivity contribution in [2.75, 3.05) is 0 Å². The van der Waals surface area contributed by atoms with Crippen molar-refractivity contribution in [1.82, 2.24) is 5.32 Å². The first kappa shape index (κ1) is 14.0. The van der Waals surface area contributed by atoms with E-state index in [1.165, 1.54) is 6.08 Å². The molecule has 3 N–H and O–H groups in total. The van der Waals surface area contributed by atoms with E-state index in [-0.39, 0.29) is 5.83 Å². The number of nitrogens with zero attached hydrogens (tertiary/aromatic N) is 1. The predicted molar refractivity (Wildman–Crippen MR) is 77.5 cm³/mol. The highest BCUT2D eigenvalue weighted by Gasteiger charge is 2.19. The highest BCUT2D eigenvalue weighted by atomic mass is 19.1. The van der Waals surface area contributed by atoms with Crippen molar-refractivity contribution >= 4 is 5.71 Å². The third-order valence-electron chi connectivity index (χ3n) is 3.62. The zero-order valence-corrected chi connectivity index (χ0v) is 11.5. The van der Waals surface area contributed by atoms with Gasteiger partial charge < -0.3 is 11.1 Å². The van der Waals surface area contributed by atoms with Gasteiger partial charge in [-0.05, 0) is 49.8 Å². The van der Waals surface area contributed by atoms with E-state index in [2.05, 4.69) is 16.9 Å². The molecule has 1 aliphatic heterocycles. The lowest BCUT2D eigenvalue weighted by Crippen LogP contribution is -2.36. The van der Waals surface area contributed by atoms with Crippen molar-refractivity contribution in [3.05, 3.63) is 36.0 Å². The molecule has 1 heterocycles. The van der Waals surface area contributed by atoms with Crippen LogP contribution >= 0.6 is 0 Å². The number of nitrogens with one attached hydrogen (secondary N) is 1. The number of halogens is 1. The molecule has 0 unspecified atom stereocenters. The van der Waals surface area contributed by atoms with Gasteiger partial charge in [0, 0.05) is 12.1 Å². The van der Waals surface area contributed by atoms with Gasteiger partial charge in [-0.15, -0.1) is 0 Å². The lowest BCUT2D eigenvalue weighted by atomic mass is 9.92. The van der Waals surface area contributed by atoms with E-state index in [0.717, 1.165) is 25.7 Å². The molecular weight excluding hydrogens is 241 g/mol. The quantitative estimate of drug-likeness (QED) is 0.822. The molecule has 0 radical (unpaired) electrons. The predicted octanol–water partition coefficient (Wildman–Crippen LogP) is 2.96. The molecule has 0 aromatic carbocycles. The molecule has 1 saturated carbocycles. The molecule has 19 heavy (non-hydrogen) atoms. The molecular formula is C15H22FN3. The fourth-order valence-electron chi connectivity index (χ4n) is 2.49. The average Bonchev–Trinajstić information content (AvgIpc) is 2.50. The maximum Gasteiger partial charge on any atom is 0.145 e. The van der Waals surface area contributed by atoms with Crippen LogP contribution in [0.25, 0.3) is 0 Å². The van der Waals surface area contributed by atoms with Crippen molar-refractivity contribution < 1.29 is 4.39 Å². The summed E-state index contributed by atoms with van der Waals surface area (Å²) in [7, 11) is 0. The first-order valence-electron chi connectivity index (χ1n) is 6.96. The molecule has 1 aliphatic carbocycles. The van der Waals surface area contributed by atoms with Crippen LogP contribution in [0.3, 0.4) is 0 Å². The van der Waals surface area contributed by atoms with Gasteiger partial charge in [-0.3, -0.25) is 0 Å². The Morgan fingerprint density at radius 3 is 2.68 bits per heavy atom. The van der Waals surface area contributed by atoms with Crippen molar-refractivity contribution in [3.63, 3.8) is 0 Å². The second kappa shape index (κ2) is 6.15. The van der Waals surface area contributed by atoms with Gasteiger partial charge in [-0.1, -0.05) is 13.5 Å².